The molecule has 0 bridgehead atoms. The van der Waals surface area contributed by atoms with Gasteiger partial charge in [0.25, 0.3) is 5.56 Å². The fourth-order valence-electron chi connectivity index (χ4n) is 3.29. The molecule has 6 heteroatoms. The summed E-state index contributed by atoms with van der Waals surface area (Å²) in [4.78, 5) is 15.1. The van der Waals surface area contributed by atoms with E-state index >= 15 is 0 Å². The zero-order valence-electron chi connectivity index (χ0n) is 14.1. The lowest BCUT2D eigenvalue weighted by Crippen LogP contribution is -2.11. The number of pyridine rings is 1. The Morgan fingerprint density at radius 2 is 2.08 bits per heavy atom. The van der Waals surface area contributed by atoms with Crippen molar-refractivity contribution >= 4 is 32.3 Å². The van der Waals surface area contributed by atoms with Crippen molar-refractivity contribution < 1.29 is 9.50 Å². The van der Waals surface area contributed by atoms with Crippen LogP contribution in [0.3, 0.4) is 0 Å². The lowest BCUT2D eigenvalue weighted by atomic mass is 9.96. The van der Waals surface area contributed by atoms with Crippen LogP contribution in [0.5, 0.6) is 5.75 Å². The largest absolute Gasteiger partial charge is 0.507 e. The van der Waals surface area contributed by atoms with Gasteiger partial charge in [-0.2, -0.15) is 0 Å². The van der Waals surface area contributed by atoms with Crippen LogP contribution in [0.4, 0.5) is 4.39 Å². The van der Waals surface area contributed by atoms with E-state index in [0.717, 1.165) is 10.8 Å². The molecule has 0 spiro atoms. The molecule has 0 aliphatic carbocycles. The number of phenols is 1. The zero-order chi connectivity index (χ0) is 18.3. The Kier molecular flexibility index (Phi) is 4.22. The molecule has 0 fully saturated rings. The first-order valence-corrected chi connectivity index (χ1v) is 9.16. The second kappa shape index (κ2) is 6.55. The normalized spacial score (nSPS) is 11.5. The number of nitrogens with one attached hydrogen (secondary N) is 2. The van der Waals surface area contributed by atoms with Crippen LogP contribution in [0, 0.1) is 5.82 Å². The third kappa shape index (κ3) is 2.67. The number of likely N-dealkylation sites (N-methyl/N-ethyl adjacent to an activating group) is 1. The van der Waals surface area contributed by atoms with Gasteiger partial charge < -0.3 is 15.4 Å². The summed E-state index contributed by atoms with van der Waals surface area (Å²) in [6.07, 6.45) is 0.590. The van der Waals surface area contributed by atoms with E-state index in [0.29, 0.717) is 39.9 Å². The second-order valence-electron chi connectivity index (χ2n) is 6.16. The number of halogens is 1. The van der Waals surface area contributed by atoms with E-state index in [1.165, 1.54) is 23.5 Å². The van der Waals surface area contributed by atoms with Crippen molar-refractivity contribution in [2.24, 2.45) is 0 Å². The molecular weight excluding hydrogens is 351 g/mol. The first kappa shape index (κ1) is 16.8. The summed E-state index contributed by atoms with van der Waals surface area (Å²) in [5.74, 6) is -0.250. The first-order valence-electron chi connectivity index (χ1n) is 8.28. The van der Waals surface area contributed by atoms with Gasteiger partial charge in [-0.05, 0) is 60.8 Å². The molecule has 2 aromatic heterocycles. The van der Waals surface area contributed by atoms with Gasteiger partial charge in [-0.15, -0.1) is 11.3 Å². The van der Waals surface area contributed by atoms with Gasteiger partial charge in [0.15, 0.2) is 0 Å². The molecule has 4 rings (SSSR count). The molecule has 0 aliphatic heterocycles. The number of thiophene rings is 1. The molecular formula is C20H17FN2O2S. The summed E-state index contributed by atoms with van der Waals surface area (Å²) in [6, 6.07) is 10.1. The van der Waals surface area contributed by atoms with Crippen molar-refractivity contribution in [3.8, 4) is 16.9 Å². The third-order valence-electron chi connectivity index (χ3n) is 4.56. The summed E-state index contributed by atoms with van der Waals surface area (Å²) in [6.45, 7) is 0.687. The summed E-state index contributed by atoms with van der Waals surface area (Å²) < 4.78 is 15.1. The zero-order valence-corrected chi connectivity index (χ0v) is 14.9. The minimum absolute atomic E-state index is 0.0550. The van der Waals surface area contributed by atoms with Crippen LogP contribution in [-0.4, -0.2) is 23.7 Å². The summed E-state index contributed by atoms with van der Waals surface area (Å²) in [5.41, 5.74) is 2.19. The number of aromatic nitrogens is 1. The Bertz CT molecular complexity index is 1180. The Balaban J connectivity index is 1.99. The van der Waals surface area contributed by atoms with Crippen molar-refractivity contribution in [1.29, 1.82) is 0 Å². The molecule has 0 unspecified atom stereocenters. The molecule has 132 valence electrons. The lowest BCUT2D eigenvalue weighted by molar-refractivity contribution is 0.478. The van der Waals surface area contributed by atoms with E-state index in [2.05, 4.69) is 10.3 Å². The quantitative estimate of drug-likeness (QED) is 0.510. The molecule has 0 saturated carbocycles. The number of benzene rings is 2. The number of aromatic amines is 1. The molecule has 2 aromatic carbocycles. The molecule has 4 nitrogen and oxygen atoms in total. The first-order chi connectivity index (χ1) is 12.6. The van der Waals surface area contributed by atoms with Gasteiger partial charge in [-0.25, -0.2) is 4.39 Å². The topological polar surface area (TPSA) is 65.1 Å². The Morgan fingerprint density at radius 3 is 2.85 bits per heavy atom. The lowest BCUT2D eigenvalue weighted by Gasteiger charge is -2.12. The van der Waals surface area contributed by atoms with Gasteiger partial charge in [0.1, 0.15) is 16.3 Å². The standard InChI is InChI=1S/C20H17FN2O2S/c1-22-8-6-11-2-3-12(10-14(11)21)17-16(24)5-4-15-18(17)13-7-9-26-19(13)20(25)23-15/h2-5,7,9-10,22,24H,6,8H2,1H3,(H,23,25). The van der Waals surface area contributed by atoms with E-state index in [-0.39, 0.29) is 17.1 Å². The van der Waals surface area contributed by atoms with Crippen LogP contribution in [-0.2, 0) is 6.42 Å². The smallest absolute Gasteiger partial charge is 0.266 e. The van der Waals surface area contributed by atoms with Gasteiger partial charge in [0, 0.05) is 21.9 Å². The highest BCUT2D eigenvalue weighted by Gasteiger charge is 2.16. The van der Waals surface area contributed by atoms with Crippen molar-refractivity contribution in [2.75, 3.05) is 13.6 Å². The molecule has 0 radical (unpaired) electrons. The van der Waals surface area contributed by atoms with Crippen molar-refractivity contribution in [1.82, 2.24) is 10.3 Å². The Hall–Kier alpha value is -2.70. The molecule has 0 amide bonds. The number of hydrogen-bond donors (Lipinski definition) is 3. The average molecular weight is 368 g/mol. The van der Waals surface area contributed by atoms with Crippen LogP contribution < -0.4 is 10.9 Å². The summed E-state index contributed by atoms with van der Waals surface area (Å²) in [7, 11) is 1.83. The summed E-state index contributed by atoms with van der Waals surface area (Å²) in [5, 5.41) is 16.8. The van der Waals surface area contributed by atoms with Crippen molar-refractivity contribution in [2.45, 2.75) is 6.42 Å². The van der Waals surface area contributed by atoms with Gasteiger partial charge >= 0.3 is 0 Å². The molecule has 2 heterocycles. The van der Waals surface area contributed by atoms with Crippen LogP contribution in [0.25, 0.3) is 32.1 Å². The van der Waals surface area contributed by atoms with E-state index in [9.17, 15) is 14.3 Å². The van der Waals surface area contributed by atoms with Crippen LogP contribution in [0.15, 0.2) is 46.6 Å². The predicted molar refractivity (Wildman–Crippen MR) is 105 cm³/mol. The number of rotatable bonds is 4. The molecule has 4 aromatic rings. The fourth-order valence-corrected chi connectivity index (χ4v) is 4.09. The molecule has 26 heavy (non-hydrogen) atoms. The van der Waals surface area contributed by atoms with Crippen molar-refractivity contribution in [3.05, 3.63) is 63.5 Å². The number of H-pyrrole nitrogens is 1. The highest BCUT2D eigenvalue weighted by Crippen LogP contribution is 2.40. The second-order valence-corrected chi connectivity index (χ2v) is 7.08. The van der Waals surface area contributed by atoms with E-state index in [1.54, 1.807) is 12.1 Å². The molecule has 0 aliphatic rings. The monoisotopic (exact) mass is 368 g/mol. The van der Waals surface area contributed by atoms with Gasteiger partial charge in [-0.1, -0.05) is 12.1 Å². The maximum Gasteiger partial charge on any atom is 0.266 e. The molecule has 0 atom stereocenters. The highest BCUT2D eigenvalue weighted by atomic mass is 32.1. The summed E-state index contributed by atoms with van der Waals surface area (Å²) >= 11 is 1.35. The Morgan fingerprint density at radius 1 is 1.23 bits per heavy atom. The average Bonchev–Trinajstić information content (AvgIpc) is 3.12. The third-order valence-corrected chi connectivity index (χ3v) is 5.47. The van der Waals surface area contributed by atoms with Gasteiger partial charge in [0.2, 0.25) is 0 Å². The SMILES string of the molecule is CNCCc1ccc(-c2c(O)ccc3[nH]c(=O)c4sccc4c23)cc1F. The predicted octanol–water partition coefficient (Wildman–Crippen LogP) is 4.02. The van der Waals surface area contributed by atoms with Crippen LogP contribution >= 0.6 is 11.3 Å². The molecule has 0 saturated heterocycles. The minimum Gasteiger partial charge on any atom is -0.507 e. The van der Waals surface area contributed by atoms with E-state index < -0.39 is 0 Å². The highest BCUT2D eigenvalue weighted by molar-refractivity contribution is 7.17. The molecule has 3 N–H and O–H groups in total. The maximum absolute atomic E-state index is 14.5. The fraction of sp³-hybridized carbons (Fsp3) is 0.150. The maximum atomic E-state index is 14.5. The van der Waals surface area contributed by atoms with Crippen molar-refractivity contribution in [3.63, 3.8) is 0 Å². The number of aromatic hydroxyl groups is 1. The van der Waals surface area contributed by atoms with Crippen LogP contribution in [0.1, 0.15) is 5.56 Å². The van der Waals surface area contributed by atoms with E-state index in [1.807, 2.05) is 24.6 Å². The minimum atomic E-state index is -0.305. The number of hydrogen-bond acceptors (Lipinski definition) is 4. The number of fused-ring (bicyclic) bond motifs is 3. The number of phenolic OH excluding ortho intramolecular Hbond substituents is 1. The van der Waals surface area contributed by atoms with E-state index in [4.69, 9.17) is 0 Å². The van der Waals surface area contributed by atoms with Gasteiger partial charge in [0.05, 0.1) is 0 Å². The van der Waals surface area contributed by atoms with Crippen LogP contribution in [0.2, 0.25) is 0 Å². The van der Waals surface area contributed by atoms with Gasteiger partial charge in [-0.3, -0.25) is 4.79 Å². The Labute approximate surface area is 152 Å².